The first-order valence-electron chi connectivity index (χ1n) is 7.79. The minimum absolute atomic E-state index is 0. The zero-order valence-corrected chi connectivity index (χ0v) is 18.0. The molecule has 1 atom stereocenters. The summed E-state index contributed by atoms with van der Waals surface area (Å²) in [5, 5.41) is 1.24. The van der Waals surface area contributed by atoms with Gasteiger partial charge in [-0.25, -0.2) is 0 Å². The summed E-state index contributed by atoms with van der Waals surface area (Å²) in [4.78, 5) is 0. The van der Waals surface area contributed by atoms with Crippen LogP contribution in [0, 0.1) is 3.57 Å². The predicted molar refractivity (Wildman–Crippen MR) is 117 cm³/mol. The van der Waals surface area contributed by atoms with E-state index in [1.54, 1.807) is 0 Å². The minimum Gasteiger partial charge on any atom is -0.748 e. The molecule has 0 heterocycles. The Balaban J connectivity index is 0.000000325. The third-order valence-electron chi connectivity index (χ3n) is 3.77. The van der Waals surface area contributed by atoms with Gasteiger partial charge in [0.05, 0.1) is 0 Å². The number of benzene rings is 2. The van der Waals surface area contributed by atoms with Crippen LogP contribution in [0.4, 0.5) is 0 Å². The van der Waals surface area contributed by atoms with Crippen molar-refractivity contribution in [2.24, 2.45) is 0 Å². The van der Waals surface area contributed by atoms with Crippen LogP contribution in [0.1, 0.15) is 0 Å². The van der Waals surface area contributed by atoms with Crippen LogP contribution in [0.25, 0.3) is 22.3 Å². The minimum atomic E-state index is 0. The second-order valence-electron chi connectivity index (χ2n) is 5.39. The summed E-state index contributed by atoms with van der Waals surface area (Å²) in [5.74, 6) is 0. The van der Waals surface area contributed by atoms with Gasteiger partial charge in [-0.3, -0.25) is 0 Å². The molecule has 0 saturated heterocycles. The molecule has 25 heavy (non-hydrogen) atoms. The molecule has 4 aromatic rings. The van der Waals surface area contributed by atoms with Gasteiger partial charge in [0.2, 0.25) is 0 Å². The molecule has 0 fully saturated rings. The Kier molecular flexibility index (Phi) is 8.12. The van der Waals surface area contributed by atoms with Gasteiger partial charge in [-0.05, 0) is 34.2 Å². The maximum absolute atomic E-state index is 2.86. The van der Waals surface area contributed by atoms with Crippen LogP contribution >= 0.6 is 31.8 Å². The van der Waals surface area contributed by atoms with Crippen LogP contribution < -0.4 is 5.30 Å². The Bertz CT molecular complexity index is 863. The topological polar surface area (TPSA) is 0 Å². The third-order valence-corrected chi connectivity index (χ3v) is 5.19. The maximum Gasteiger partial charge on any atom is 0.0134 e. The average molecular weight is 496 g/mol. The average Bonchev–Trinajstić information content (AvgIpc) is 3.32. The van der Waals surface area contributed by atoms with Crippen LogP contribution in [-0.2, 0) is 17.1 Å². The second kappa shape index (κ2) is 10.1. The fourth-order valence-corrected chi connectivity index (χ4v) is 3.73. The first-order valence-corrected chi connectivity index (χ1v) is 9.45. The fourth-order valence-electron chi connectivity index (χ4n) is 2.65. The van der Waals surface area contributed by atoms with E-state index in [0.717, 1.165) is 0 Å². The van der Waals surface area contributed by atoms with Gasteiger partial charge in [0, 0.05) is 20.6 Å². The molecule has 0 saturated carbocycles. The van der Waals surface area contributed by atoms with Crippen molar-refractivity contribution in [3.05, 3.63) is 101 Å². The third kappa shape index (κ3) is 5.15. The molecule has 0 aliphatic heterocycles. The van der Waals surface area contributed by atoms with Crippen LogP contribution in [-0.4, -0.2) is 0 Å². The molecular formula is C22H18FeIP-6. The first-order chi connectivity index (χ1) is 11.8. The summed E-state index contributed by atoms with van der Waals surface area (Å²) in [6.45, 7) is 0. The summed E-state index contributed by atoms with van der Waals surface area (Å²) in [6.07, 6.45) is 0. The largest absolute Gasteiger partial charge is 0.748 e. The van der Waals surface area contributed by atoms with Gasteiger partial charge in [0.25, 0.3) is 0 Å². The smallest absolute Gasteiger partial charge is 0.0134 e. The number of halogens is 1. The van der Waals surface area contributed by atoms with E-state index in [1.807, 2.05) is 30.3 Å². The summed E-state index contributed by atoms with van der Waals surface area (Å²) in [6, 6.07) is 33.5. The molecule has 0 aliphatic rings. The maximum atomic E-state index is 2.86. The predicted octanol–water partition coefficient (Wildman–Crippen LogP) is 6.25. The van der Waals surface area contributed by atoms with Crippen LogP contribution in [0.3, 0.4) is 0 Å². The molecule has 4 aromatic carbocycles. The molecule has 0 spiro atoms. The van der Waals surface area contributed by atoms with E-state index in [0.29, 0.717) is 0 Å². The molecule has 0 nitrogen and oxygen atoms in total. The molecule has 0 N–H and O–H groups in total. The molecular weight excluding hydrogens is 478 g/mol. The van der Waals surface area contributed by atoms with Gasteiger partial charge in [-0.15, -0.1) is 33.0 Å². The summed E-state index contributed by atoms with van der Waals surface area (Å²) < 4.78 is 1.28. The normalized spacial score (nSPS) is 9.68. The van der Waals surface area contributed by atoms with Gasteiger partial charge in [0.1, 0.15) is 0 Å². The van der Waals surface area contributed by atoms with Gasteiger partial charge >= 0.3 is 0 Å². The Labute approximate surface area is 176 Å². The molecule has 0 amide bonds. The molecule has 0 aromatic heterocycles. The van der Waals surface area contributed by atoms with Crippen molar-refractivity contribution in [3.63, 3.8) is 0 Å². The second-order valence-corrected chi connectivity index (χ2v) is 7.17. The fraction of sp³-hybridized carbons (Fsp3) is 0. The van der Waals surface area contributed by atoms with Gasteiger partial charge in [-0.2, -0.15) is 12.1 Å². The zero-order chi connectivity index (χ0) is 16.8. The molecule has 0 aliphatic carbocycles. The standard InChI is InChI=1S/C17H13IP.C5H5.Fe/c18-15-10-4-3-8-14(15)17-13(9-5-11-16(17)19)12-6-1-2-7-12;1-2-4-5-3-1;/h1-11H,19H2;1-5H;/q-1;-5;. The summed E-state index contributed by atoms with van der Waals surface area (Å²) in [5.41, 5.74) is 5.18. The van der Waals surface area contributed by atoms with Crippen molar-refractivity contribution in [3.8, 4) is 22.3 Å². The molecule has 3 heteroatoms. The summed E-state index contributed by atoms with van der Waals surface area (Å²) >= 11 is 2.41. The SMILES string of the molecule is Pc1cccc(-[c-]2cccc2)c1-c1ccccc1I.[Fe].[cH-]1[cH-][cH-][cH-][cH-]1. The number of hydrogen-bond donors (Lipinski definition) is 0. The van der Waals surface area contributed by atoms with E-state index in [-0.39, 0.29) is 17.1 Å². The molecule has 4 rings (SSSR count). The van der Waals surface area contributed by atoms with Crippen LogP contribution in [0.5, 0.6) is 0 Å². The molecule has 0 radical (unpaired) electrons. The van der Waals surface area contributed by atoms with Crippen molar-refractivity contribution in [1.29, 1.82) is 0 Å². The monoisotopic (exact) mass is 496 g/mol. The molecule has 132 valence electrons. The van der Waals surface area contributed by atoms with Gasteiger partial charge < -0.3 is 30.3 Å². The first kappa shape index (κ1) is 20.1. The Morgan fingerprint density at radius 1 is 0.760 bits per heavy atom. The van der Waals surface area contributed by atoms with Crippen LogP contribution in [0.15, 0.2) is 97.1 Å². The van der Waals surface area contributed by atoms with Gasteiger partial charge in [0.15, 0.2) is 0 Å². The number of rotatable bonds is 2. The van der Waals surface area contributed by atoms with E-state index in [9.17, 15) is 0 Å². The quantitative estimate of drug-likeness (QED) is 0.133. The Hall–Kier alpha value is -1.18. The van der Waals surface area contributed by atoms with E-state index in [4.69, 9.17) is 0 Å². The van der Waals surface area contributed by atoms with Crippen molar-refractivity contribution in [2.45, 2.75) is 0 Å². The van der Waals surface area contributed by atoms with Gasteiger partial charge in [-0.1, -0.05) is 46.8 Å². The van der Waals surface area contributed by atoms with Crippen molar-refractivity contribution in [1.82, 2.24) is 0 Å². The van der Waals surface area contributed by atoms with Crippen LogP contribution in [0.2, 0.25) is 0 Å². The molecule has 1 unspecified atom stereocenters. The van der Waals surface area contributed by atoms with E-state index in [2.05, 4.69) is 98.6 Å². The Morgan fingerprint density at radius 3 is 1.96 bits per heavy atom. The van der Waals surface area contributed by atoms with E-state index < -0.39 is 0 Å². The molecule has 0 bridgehead atoms. The Morgan fingerprint density at radius 2 is 1.36 bits per heavy atom. The van der Waals surface area contributed by atoms with E-state index >= 15 is 0 Å². The van der Waals surface area contributed by atoms with Crippen molar-refractivity contribution in [2.75, 3.05) is 0 Å². The zero-order valence-electron chi connectivity index (χ0n) is 13.5. The van der Waals surface area contributed by atoms with Crippen molar-refractivity contribution >= 4 is 37.1 Å². The number of hydrogen-bond acceptors (Lipinski definition) is 0. The van der Waals surface area contributed by atoms with Crippen molar-refractivity contribution < 1.29 is 17.1 Å². The van der Waals surface area contributed by atoms with E-state index in [1.165, 1.54) is 31.1 Å². The summed E-state index contributed by atoms with van der Waals surface area (Å²) in [7, 11) is 2.86.